The minimum atomic E-state index is -0.724. The number of carbonyl (C=O) groups is 1. The molecule has 2 aromatic heterocycles. The van der Waals surface area contributed by atoms with E-state index >= 15 is 0 Å². The molecule has 0 radical (unpaired) electrons. The number of rotatable bonds is 2. The van der Waals surface area contributed by atoms with Gasteiger partial charge in [0.05, 0.1) is 17.8 Å². The standard InChI is InChI=1S/C13H16N4O2/c1-16-8-15-11-10(16)4-5-14-12(11)17-6-2-3-9(7-17)13(18)19/h4-5,8-9H,2-3,6-7H2,1H3,(H,18,19). The maximum atomic E-state index is 11.1. The zero-order chi connectivity index (χ0) is 13.4. The monoisotopic (exact) mass is 260 g/mol. The Bertz CT molecular complexity index is 622. The minimum Gasteiger partial charge on any atom is -0.481 e. The molecular weight excluding hydrogens is 244 g/mol. The van der Waals surface area contributed by atoms with Crippen molar-refractivity contribution in [3.63, 3.8) is 0 Å². The van der Waals surface area contributed by atoms with Crippen LogP contribution in [0, 0.1) is 5.92 Å². The predicted octanol–water partition coefficient (Wildman–Crippen LogP) is 1.27. The summed E-state index contributed by atoms with van der Waals surface area (Å²) >= 11 is 0. The second kappa shape index (κ2) is 4.53. The number of piperidine rings is 1. The highest BCUT2D eigenvalue weighted by molar-refractivity contribution is 5.86. The Kier molecular flexibility index (Phi) is 2.85. The molecule has 0 aromatic carbocycles. The van der Waals surface area contributed by atoms with E-state index in [2.05, 4.69) is 9.97 Å². The quantitative estimate of drug-likeness (QED) is 0.880. The summed E-state index contributed by atoms with van der Waals surface area (Å²) in [5, 5.41) is 9.15. The van der Waals surface area contributed by atoms with E-state index in [1.54, 1.807) is 12.5 Å². The molecule has 0 saturated carbocycles. The molecule has 1 atom stereocenters. The number of hydrogen-bond acceptors (Lipinski definition) is 4. The zero-order valence-electron chi connectivity index (χ0n) is 10.8. The molecule has 1 aliphatic rings. The van der Waals surface area contributed by atoms with E-state index in [0.717, 1.165) is 36.2 Å². The van der Waals surface area contributed by atoms with Crippen LogP contribution in [0.1, 0.15) is 12.8 Å². The van der Waals surface area contributed by atoms with Gasteiger partial charge in [0.1, 0.15) is 5.52 Å². The largest absolute Gasteiger partial charge is 0.481 e. The summed E-state index contributed by atoms with van der Waals surface area (Å²) in [5.74, 6) is -0.239. The predicted molar refractivity (Wildman–Crippen MR) is 71.1 cm³/mol. The lowest BCUT2D eigenvalue weighted by Gasteiger charge is -2.31. The van der Waals surface area contributed by atoms with Crippen LogP contribution in [-0.2, 0) is 11.8 Å². The van der Waals surface area contributed by atoms with Crippen molar-refractivity contribution in [2.45, 2.75) is 12.8 Å². The van der Waals surface area contributed by atoms with Crippen LogP contribution in [0.15, 0.2) is 18.6 Å². The highest BCUT2D eigenvalue weighted by atomic mass is 16.4. The molecule has 1 aliphatic heterocycles. The third kappa shape index (κ3) is 2.03. The number of aliphatic carboxylic acids is 1. The van der Waals surface area contributed by atoms with Crippen molar-refractivity contribution in [1.29, 1.82) is 0 Å². The van der Waals surface area contributed by atoms with E-state index in [-0.39, 0.29) is 5.92 Å². The van der Waals surface area contributed by atoms with Gasteiger partial charge in [-0.25, -0.2) is 9.97 Å². The van der Waals surface area contributed by atoms with Crippen LogP contribution in [-0.4, -0.2) is 38.7 Å². The minimum absolute atomic E-state index is 0.311. The van der Waals surface area contributed by atoms with Gasteiger partial charge in [0.25, 0.3) is 0 Å². The molecule has 3 rings (SSSR count). The summed E-state index contributed by atoms with van der Waals surface area (Å²) in [5.41, 5.74) is 1.86. The average molecular weight is 260 g/mol. The zero-order valence-corrected chi connectivity index (χ0v) is 10.8. The van der Waals surface area contributed by atoms with Gasteiger partial charge in [-0.1, -0.05) is 0 Å². The van der Waals surface area contributed by atoms with Crippen LogP contribution in [0.4, 0.5) is 5.82 Å². The van der Waals surface area contributed by atoms with E-state index in [4.69, 9.17) is 5.11 Å². The molecule has 2 aromatic rings. The normalized spacial score (nSPS) is 19.8. The van der Waals surface area contributed by atoms with Crippen molar-refractivity contribution in [3.05, 3.63) is 18.6 Å². The van der Waals surface area contributed by atoms with Crippen molar-refractivity contribution >= 4 is 22.8 Å². The van der Waals surface area contributed by atoms with Crippen LogP contribution < -0.4 is 4.90 Å². The number of imidazole rings is 1. The fourth-order valence-corrected chi connectivity index (χ4v) is 2.65. The van der Waals surface area contributed by atoms with Crippen LogP contribution in [0.5, 0.6) is 0 Å². The van der Waals surface area contributed by atoms with Gasteiger partial charge in [0.2, 0.25) is 0 Å². The Morgan fingerprint density at radius 2 is 2.32 bits per heavy atom. The van der Waals surface area contributed by atoms with Gasteiger partial charge in [0.15, 0.2) is 5.82 Å². The molecule has 0 amide bonds. The molecule has 1 saturated heterocycles. The number of carboxylic acids is 1. The number of fused-ring (bicyclic) bond motifs is 1. The fraction of sp³-hybridized carbons (Fsp3) is 0.462. The Balaban J connectivity index is 1.97. The summed E-state index contributed by atoms with van der Waals surface area (Å²) in [6.07, 6.45) is 5.13. The molecular formula is C13H16N4O2. The van der Waals surface area contributed by atoms with Gasteiger partial charge in [-0.3, -0.25) is 4.79 Å². The SMILES string of the molecule is Cn1cnc2c(N3CCCC(C(=O)O)C3)nccc21. The number of pyridine rings is 1. The summed E-state index contributed by atoms with van der Waals surface area (Å²) in [6.45, 7) is 1.35. The highest BCUT2D eigenvalue weighted by Crippen LogP contribution is 2.27. The number of aryl methyl sites for hydroxylation is 1. The first-order valence-electron chi connectivity index (χ1n) is 6.40. The fourth-order valence-electron chi connectivity index (χ4n) is 2.65. The first-order chi connectivity index (χ1) is 9.16. The molecule has 0 bridgehead atoms. The summed E-state index contributed by atoms with van der Waals surface area (Å²) < 4.78 is 1.94. The van der Waals surface area contributed by atoms with Crippen LogP contribution in [0.2, 0.25) is 0 Å². The van der Waals surface area contributed by atoms with E-state index < -0.39 is 5.97 Å². The highest BCUT2D eigenvalue weighted by Gasteiger charge is 2.27. The molecule has 1 N–H and O–H groups in total. The van der Waals surface area contributed by atoms with Gasteiger partial charge in [0, 0.05) is 26.3 Å². The summed E-state index contributed by atoms with van der Waals surface area (Å²) in [7, 11) is 1.94. The van der Waals surface area contributed by atoms with Crippen LogP contribution in [0.3, 0.4) is 0 Å². The lowest BCUT2D eigenvalue weighted by molar-refractivity contribution is -0.141. The maximum absolute atomic E-state index is 11.1. The molecule has 0 spiro atoms. The van der Waals surface area contributed by atoms with Gasteiger partial charge in [-0.05, 0) is 18.9 Å². The Hall–Kier alpha value is -2.11. The van der Waals surface area contributed by atoms with Gasteiger partial charge in [-0.2, -0.15) is 0 Å². The van der Waals surface area contributed by atoms with Crippen molar-refractivity contribution < 1.29 is 9.90 Å². The molecule has 0 aliphatic carbocycles. The molecule has 1 unspecified atom stereocenters. The van der Waals surface area contributed by atoms with Crippen molar-refractivity contribution in [2.24, 2.45) is 13.0 Å². The second-order valence-electron chi connectivity index (χ2n) is 4.98. The molecule has 19 heavy (non-hydrogen) atoms. The average Bonchev–Trinajstić information content (AvgIpc) is 2.81. The summed E-state index contributed by atoms with van der Waals surface area (Å²) in [4.78, 5) is 21.9. The topological polar surface area (TPSA) is 71.2 Å². The number of hydrogen-bond donors (Lipinski definition) is 1. The Morgan fingerprint density at radius 1 is 1.47 bits per heavy atom. The van der Waals surface area contributed by atoms with Crippen LogP contribution >= 0.6 is 0 Å². The van der Waals surface area contributed by atoms with E-state index in [1.165, 1.54) is 0 Å². The molecule has 6 heteroatoms. The van der Waals surface area contributed by atoms with Gasteiger partial charge >= 0.3 is 5.97 Å². The van der Waals surface area contributed by atoms with E-state index in [1.807, 2.05) is 22.6 Å². The molecule has 3 heterocycles. The van der Waals surface area contributed by atoms with E-state index in [0.29, 0.717) is 6.54 Å². The Labute approximate surface area is 110 Å². The van der Waals surface area contributed by atoms with Crippen molar-refractivity contribution in [2.75, 3.05) is 18.0 Å². The first kappa shape index (κ1) is 12.0. The van der Waals surface area contributed by atoms with Gasteiger partial charge in [-0.15, -0.1) is 0 Å². The third-order valence-electron chi connectivity index (χ3n) is 3.69. The summed E-state index contributed by atoms with van der Waals surface area (Å²) in [6, 6.07) is 1.92. The smallest absolute Gasteiger partial charge is 0.308 e. The lowest BCUT2D eigenvalue weighted by atomic mass is 9.98. The lowest BCUT2D eigenvalue weighted by Crippen LogP contribution is -2.39. The third-order valence-corrected chi connectivity index (χ3v) is 3.69. The number of nitrogens with zero attached hydrogens (tertiary/aromatic N) is 4. The van der Waals surface area contributed by atoms with Crippen molar-refractivity contribution in [1.82, 2.24) is 14.5 Å². The number of aromatic nitrogens is 3. The van der Waals surface area contributed by atoms with Gasteiger partial charge < -0.3 is 14.6 Å². The molecule has 100 valence electrons. The molecule has 6 nitrogen and oxygen atoms in total. The molecule has 1 fully saturated rings. The van der Waals surface area contributed by atoms with E-state index in [9.17, 15) is 4.79 Å². The van der Waals surface area contributed by atoms with Crippen LogP contribution in [0.25, 0.3) is 11.0 Å². The van der Waals surface area contributed by atoms with Crippen molar-refractivity contribution in [3.8, 4) is 0 Å². The first-order valence-corrected chi connectivity index (χ1v) is 6.40. The number of anilines is 1. The number of carboxylic acid groups (broad SMARTS) is 1. The maximum Gasteiger partial charge on any atom is 0.308 e. The second-order valence-corrected chi connectivity index (χ2v) is 4.98. The Morgan fingerprint density at radius 3 is 3.11 bits per heavy atom.